The second-order valence-corrected chi connectivity index (χ2v) is 26.5. The molecule has 4 aliphatic rings. The van der Waals surface area contributed by atoms with E-state index in [1.54, 1.807) is 69.6 Å². The summed E-state index contributed by atoms with van der Waals surface area (Å²) in [6, 6.07) is 29.1. The Bertz CT molecular complexity index is 3460. The number of carbonyl (C=O) groups is 10. The summed E-state index contributed by atoms with van der Waals surface area (Å²) in [5, 5.41) is 78.1. The van der Waals surface area contributed by atoms with Gasteiger partial charge in [0, 0.05) is 40.1 Å². The molecule has 0 aromatic heterocycles. The molecule has 0 aliphatic heterocycles. The normalized spacial score (nSPS) is 18.4. The van der Waals surface area contributed by atoms with E-state index >= 15 is 0 Å². The molecule has 0 bridgehead atoms. The lowest BCUT2D eigenvalue weighted by Gasteiger charge is -2.30. The largest absolute Gasteiger partial charge is 0.478 e. The molecule has 0 heterocycles. The molecule has 9 rings (SSSR count). The van der Waals surface area contributed by atoms with Gasteiger partial charge in [-0.1, -0.05) is 55.6 Å². The van der Waals surface area contributed by atoms with Gasteiger partial charge in [0.15, 0.2) is 12.6 Å². The zero-order valence-electron chi connectivity index (χ0n) is 64.9. The molecule has 28 nitrogen and oxygen atoms in total. The number of Topliss-reactive ketones (excluding diaryl/α,β-unsaturated/α-hetero) is 1. The van der Waals surface area contributed by atoms with Crippen LogP contribution < -0.4 is 0 Å². The highest BCUT2D eigenvalue weighted by molar-refractivity contribution is 6.05. The standard InChI is InChI=1S/C27H30O8.C24H34O6.C12H14O6.C8H6O4.C8H16O2.C2H6O2.CH4B.4CH4/c1-2-15-33-25(30)21-11-13-23(14-12-21)27(32)35-17-19-5-3-18(4-6-19)16-34-26(31)22-9-7-20(8-10-22)24(28)29;1-29-21-12-10-19(11-13-21)23(27)22(26)18-6-8-20(9-7-18)24(28)30-15-17-4-2-16(14-25)3-5-17;1-16-8-18-12(15)10-4-2-9(3-5-10)11(14)17-7-6-13;9-7(10)5-1-2-6(4-3-5)8(11)12;1-10-8-4-2-7(6-9)3-5-8;3-1-2-4;1-2;;;;/h7-14,18-19H,2-6,15-17H2,1H3,(H,28,29);6-9,16-17,19,21,23,25,27H,2-5,10-15H2,1H3;2-5,13H,6-8H2,1H3;1-4H,(H,9,10)(H,11,12);7-9H,2-6H2,1H3;3-4H,1-2H2;2H,1H3;4*1H4/i;;;;;;2T;;;;. The number of aliphatic hydroxyl groups is 6. The van der Waals surface area contributed by atoms with Crippen LogP contribution in [0.1, 0.15) is 249 Å². The summed E-state index contributed by atoms with van der Waals surface area (Å²) in [6.45, 7) is 4.89. The number of benzene rings is 5. The number of carbonyl (C=O) groups excluding carboxylic acids is 7. The Kier molecular flexibility index (Phi) is 57.0. The summed E-state index contributed by atoms with van der Waals surface area (Å²) in [5.74, 6) is -4.54. The molecule has 5 aromatic carbocycles. The fourth-order valence-corrected chi connectivity index (χ4v) is 12.0. The number of carboxylic acids is 3. The number of ether oxygens (including phenoxy) is 9. The molecule has 1 unspecified atom stereocenters. The molecule has 4 saturated carbocycles. The molecule has 4 aliphatic carbocycles. The predicted octanol–water partition coefficient (Wildman–Crippen LogP) is 12.5. The topological polar surface area (TPSA) is 436 Å². The van der Waals surface area contributed by atoms with Crippen LogP contribution in [0.15, 0.2) is 121 Å². The Labute approximate surface area is 679 Å². The van der Waals surface area contributed by atoms with Gasteiger partial charge in [0.2, 0.25) is 0 Å². The molecular formula is C86H126BO28. The van der Waals surface area contributed by atoms with Gasteiger partial charge >= 0.3 is 53.7 Å². The molecule has 0 saturated heterocycles. The summed E-state index contributed by atoms with van der Waals surface area (Å²) in [4.78, 5) is 116. The van der Waals surface area contributed by atoms with Crippen LogP contribution in [0, 0.1) is 35.5 Å². The van der Waals surface area contributed by atoms with E-state index in [9.17, 15) is 58.2 Å². The number of aliphatic hydroxyl groups excluding tert-OH is 6. The van der Waals surface area contributed by atoms with E-state index in [2.05, 4.69) is 4.74 Å². The van der Waals surface area contributed by atoms with Crippen molar-refractivity contribution in [2.24, 2.45) is 35.5 Å². The number of hydrogen-bond acceptors (Lipinski definition) is 25. The van der Waals surface area contributed by atoms with Gasteiger partial charge in [0.25, 0.3) is 0 Å². The quantitative estimate of drug-likeness (QED) is 0.00706. The minimum atomic E-state index is -1.06. The summed E-state index contributed by atoms with van der Waals surface area (Å²) in [7, 11) is 6.12. The van der Waals surface area contributed by atoms with Gasteiger partial charge in [-0.3, -0.25) is 4.79 Å². The number of hydrogen-bond donors (Lipinski definition) is 9. The highest BCUT2D eigenvalue weighted by atomic mass is 16.7. The van der Waals surface area contributed by atoms with Crippen molar-refractivity contribution >= 4 is 67.3 Å². The van der Waals surface area contributed by atoms with E-state index in [4.69, 9.17) is 75.0 Å². The number of rotatable bonds is 29. The predicted molar refractivity (Wildman–Crippen MR) is 434 cm³/mol. The third kappa shape index (κ3) is 40.7. The van der Waals surface area contributed by atoms with Crippen LogP contribution in [0.4, 0.5) is 0 Å². The highest BCUT2D eigenvalue weighted by Crippen LogP contribution is 2.33. The van der Waals surface area contributed by atoms with Crippen molar-refractivity contribution in [1.29, 1.82) is 1.34 Å². The van der Waals surface area contributed by atoms with Gasteiger partial charge in [-0.2, -0.15) is 0 Å². The molecule has 115 heavy (non-hydrogen) atoms. The molecule has 9 N–H and O–H groups in total. The summed E-state index contributed by atoms with van der Waals surface area (Å²) in [5.41, 5.74) is 2.81. The van der Waals surface area contributed by atoms with Crippen molar-refractivity contribution in [2.45, 2.75) is 171 Å². The van der Waals surface area contributed by atoms with Crippen molar-refractivity contribution in [3.63, 3.8) is 0 Å². The van der Waals surface area contributed by atoms with Gasteiger partial charge < -0.3 is 88.6 Å². The second kappa shape index (κ2) is 62.1. The first-order valence-electron chi connectivity index (χ1n) is 37.7. The Balaban J connectivity index is 0. The van der Waals surface area contributed by atoms with E-state index in [1.165, 1.54) is 87.7 Å². The average molecular weight is 1620 g/mol. The van der Waals surface area contributed by atoms with E-state index in [1.807, 2.05) is 6.92 Å². The Hall–Kier alpha value is -9.30. The molecule has 29 heteroatoms. The number of aromatic carboxylic acids is 3. The highest BCUT2D eigenvalue weighted by Gasteiger charge is 2.32. The number of methoxy groups -OCH3 is 3. The molecule has 0 spiro atoms. The first kappa shape index (κ1) is 106. The number of esters is 6. The average Bonchev–Trinajstić information content (AvgIpc) is 0.830. The summed E-state index contributed by atoms with van der Waals surface area (Å²) >= 11 is 0. The van der Waals surface area contributed by atoms with Crippen molar-refractivity contribution in [2.75, 3.05) is 94.2 Å². The van der Waals surface area contributed by atoms with Crippen molar-refractivity contribution in [1.82, 2.24) is 0 Å². The van der Waals surface area contributed by atoms with Crippen LogP contribution in [0.3, 0.4) is 0 Å². The zero-order chi connectivity index (χ0) is 82.8. The van der Waals surface area contributed by atoms with E-state index in [0.717, 1.165) is 109 Å². The maximum absolute atomic E-state index is 12.6. The van der Waals surface area contributed by atoms with Crippen molar-refractivity contribution in [3.8, 4) is 0 Å². The van der Waals surface area contributed by atoms with Gasteiger partial charge in [0.1, 0.15) is 12.7 Å². The maximum Gasteiger partial charge on any atom is 0.340 e. The molecule has 4 fully saturated rings. The van der Waals surface area contributed by atoms with Crippen LogP contribution in [-0.4, -0.2) is 227 Å². The Morgan fingerprint density at radius 3 is 0.861 bits per heavy atom. The van der Waals surface area contributed by atoms with Crippen LogP contribution in [0.25, 0.3) is 0 Å². The van der Waals surface area contributed by atoms with E-state index in [-0.39, 0.29) is 116 Å². The monoisotopic (exact) mass is 1620 g/mol. The summed E-state index contributed by atoms with van der Waals surface area (Å²) in [6.07, 6.45) is 15.5. The third-order valence-electron chi connectivity index (χ3n) is 18.7. The van der Waals surface area contributed by atoms with Crippen LogP contribution in [0.5, 0.6) is 0 Å². The minimum absolute atomic E-state index is 0. The first-order chi connectivity index (χ1) is 53.9. The Morgan fingerprint density at radius 2 is 0.609 bits per heavy atom. The van der Waals surface area contributed by atoms with Crippen LogP contribution >= 0.6 is 0 Å². The van der Waals surface area contributed by atoms with Gasteiger partial charge in [-0.25, -0.2) is 43.2 Å². The number of ketones is 1. The van der Waals surface area contributed by atoms with Crippen LogP contribution in [-0.2, 0) is 42.6 Å². The lowest BCUT2D eigenvalue weighted by atomic mass is 9.81. The minimum Gasteiger partial charge on any atom is -0.478 e. The SMILES string of the molecule is C.C.C.C.CCCOC(=O)c1ccc(C(=O)OCC2CCC(COC(=O)c3ccc(C(=O)O)cc3)CC2)cc1.COC1CCC(C(O)C(=O)c2ccc(C(=O)OCC3CCC(CO)CC3)cc2)CC1.COC1CCC(CO)CC1.COCOC(=O)c1ccc(C(=O)OCCO)cc1.O=C(O)c1ccc(C(=O)O)cc1.OCCO.[3H][B]C. The van der Waals surface area contributed by atoms with Crippen molar-refractivity contribution in [3.05, 3.63) is 177 Å². The summed E-state index contributed by atoms with van der Waals surface area (Å²) < 4.78 is 52.1. The van der Waals surface area contributed by atoms with Gasteiger partial charge in [-0.15, -0.1) is 0 Å². The second-order valence-electron chi connectivity index (χ2n) is 26.5. The molecule has 0 amide bonds. The first-order valence-corrected chi connectivity index (χ1v) is 37.1. The number of carboxylic acid groups (broad SMARTS) is 3. The van der Waals surface area contributed by atoms with Gasteiger partial charge in [0.05, 0.1) is 116 Å². The zero-order valence-corrected chi connectivity index (χ0v) is 63.9. The van der Waals surface area contributed by atoms with Crippen LogP contribution in [0.2, 0.25) is 6.82 Å². The van der Waals surface area contributed by atoms with Crippen molar-refractivity contribution < 1.29 is 137 Å². The lowest BCUT2D eigenvalue weighted by molar-refractivity contribution is -0.0126. The van der Waals surface area contributed by atoms with E-state index < -0.39 is 59.8 Å². The lowest BCUT2D eigenvalue weighted by Crippen LogP contribution is -2.34. The smallest absolute Gasteiger partial charge is 0.340 e. The molecule has 5 aromatic rings. The maximum atomic E-state index is 12.6. The Morgan fingerprint density at radius 1 is 0.365 bits per heavy atom. The van der Waals surface area contributed by atoms with Gasteiger partial charge in [-0.05, 0) is 255 Å². The molecular weight excluding hydrogens is 1490 g/mol. The molecule has 1 radical (unpaired) electrons. The fourth-order valence-electron chi connectivity index (χ4n) is 12.0. The van der Waals surface area contributed by atoms with E-state index in [0.29, 0.717) is 95.8 Å². The molecule has 641 valence electrons. The molecule has 1 atom stereocenters. The fraction of sp³-hybridized carbons (Fsp3) is 0.535. The third-order valence-corrected chi connectivity index (χ3v) is 18.7.